The molecule has 0 unspecified atom stereocenters. The molecular formula is C7H11ClN2O2S2. The van der Waals surface area contributed by atoms with E-state index >= 15 is 0 Å². The van der Waals surface area contributed by atoms with Crippen molar-refractivity contribution in [1.82, 2.24) is 10.2 Å². The van der Waals surface area contributed by atoms with E-state index in [1.165, 1.54) is 17.6 Å². The summed E-state index contributed by atoms with van der Waals surface area (Å²) in [6, 6.07) is 0. The van der Waals surface area contributed by atoms with Crippen LogP contribution < -0.4 is 0 Å². The monoisotopic (exact) mass is 254 g/mol. The van der Waals surface area contributed by atoms with Crippen LogP contribution in [0.25, 0.3) is 0 Å². The minimum Gasteiger partial charge on any atom is -0.228 e. The van der Waals surface area contributed by atoms with Crippen LogP contribution in [0, 0.1) is 0 Å². The zero-order valence-corrected chi connectivity index (χ0v) is 10.5. The molecule has 14 heavy (non-hydrogen) atoms. The van der Waals surface area contributed by atoms with Crippen LogP contribution in [0.3, 0.4) is 0 Å². The first kappa shape index (κ1) is 11.9. The highest BCUT2D eigenvalue weighted by molar-refractivity contribution is 7.91. The van der Waals surface area contributed by atoms with Gasteiger partial charge in [-0.2, -0.15) is 0 Å². The van der Waals surface area contributed by atoms with Gasteiger partial charge in [-0.3, -0.25) is 0 Å². The predicted octanol–water partition coefficient (Wildman–Crippen LogP) is 1.56. The van der Waals surface area contributed by atoms with Crippen LogP contribution in [0.15, 0.2) is 0 Å². The third-order valence-electron chi connectivity index (χ3n) is 2.02. The molecule has 0 aliphatic rings. The molecule has 0 fully saturated rings. The number of alkyl halides is 1. The van der Waals surface area contributed by atoms with Crippen molar-refractivity contribution in [3.8, 4) is 0 Å². The summed E-state index contributed by atoms with van der Waals surface area (Å²) >= 11 is 6.80. The Hall–Kier alpha value is -0.200. The molecule has 0 bridgehead atoms. The third kappa shape index (κ3) is 2.07. The Balaban J connectivity index is 3.17. The second kappa shape index (κ2) is 3.75. The smallest absolute Gasteiger partial charge is 0.159 e. The second-order valence-electron chi connectivity index (χ2n) is 3.42. The normalized spacial score (nSPS) is 13.1. The van der Waals surface area contributed by atoms with E-state index in [1.807, 2.05) is 0 Å². The van der Waals surface area contributed by atoms with Crippen molar-refractivity contribution >= 4 is 32.8 Å². The maximum absolute atomic E-state index is 11.5. The Bertz CT molecular complexity index is 425. The Morgan fingerprint density at radius 3 is 2.36 bits per heavy atom. The molecule has 0 saturated carbocycles. The van der Waals surface area contributed by atoms with Gasteiger partial charge in [0.1, 0.15) is 14.8 Å². The highest BCUT2D eigenvalue weighted by Gasteiger charge is 2.35. The summed E-state index contributed by atoms with van der Waals surface area (Å²) in [6.45, 7) is 3.22. The summed E-state index contributed by atoms with van der Waals surface area (Å²) in [4.78, 5) is 0. The summed E-state index contributed by atoms with van der Waals surface area (Å²) in [5, 5.41) is 8.74. The lowest BCUT2D eigenvalue weighted by Crippen LogP contribution is -2.27. The standard InChI is InChI=1S/C7H11ClN2O2S2/c1-7(2,14(3,11)12)6-10-9-5(4-8)13-6/h4H2,1-3H3. The number of aromatic nitrogens is 2. The number of halogens is 1. The van der Waals surface area contributed by atoms with Gasteiger partial charge in [-0.05, 0) is 13.8 Å². The van der Waals surface area contributed by atoms with Crippen LogP contribution in [0.1, 0.15) is 23.9 Å². The van der Waals surface area contributed by atoms with Gasteiger partial charge in [0.2, 0.25) is 0 Å². The van der Waals surface area contributed by atoms with Crippen molar-refractivity contribution in [2.24, 2.45) is 0 Å². The largest absolute Gasteiger partial charge is 0.228 e. The first-order valence-electron chi connectivity index (χ1n) is 3.87. The fourth-order valence-corrected chi connectivity index (χ4v) is 2.55. The number of hydrogen-bond donors (Lipinski definition) is 0. The van der Waals surface area contributed by atoms with Crippen molar-refractivity contribution in [3.63, 3.8) is 0 Å². The van der Waals surface area contributed by atoms with E-state index in [-0.39, 0.29) is 5.88 Å². The third-order valence-corrected chi connectivity index (χ3v) is 5.86. The zero-order valence-electron chi connectivity index (χ0n) is 8.11. The van der Waals surface area contributed by atoms with E-state index in [0.29, 0.717) is 10.0 Å². The van der Waals surface area contributed by atoms with Gasteiger partial charge >= 0.3 is 0 Å². The molecule has 0 aromatic carbocycles. The predicted molar refractivity (Wildman–Crippen MR) is 57.3 cm³/mol. The van der Waals surface area contributed by atoms with Crippen LogP contribution >= 0.6 is 22.9 Å². The van der Waals surface area contributed by atoms with Crippen molar-refractivity contribution in [1.29, 1.82) is 0 Å². The minimum absolute atomic E-state index is 0.261. The minimum atomic E-state index is -3.19. The summed E-state index contributed by atoms with van der Waals surface area (Å²) in [7, 11) is -3.19. The van der Waals surface area contributed by atoms with E-state index in [0.717, 1.165) is 0 Å². The molecule has 0 aliphatic heterocycles. The summed E-state index contributed by atoms with van der Waals surface area (Å²) in [5.41, 5.74) is 0. The Morgan fingerprint density at radius 1 is 1.43 bits per heavy atom. The van der Waals surface area contributed by atoms with Crippen LogP contribution in [0.5, 0.6) is 0 Å². The van der Waals surface area contributed by atoms with E-state index in [4.69, 9.17) is 11.6 Å². The molecule has 7 heteroatoms. The van der Waals surface area contributed by atoms with Gasteiger partial charge in [0.05, 0.1) is 5.88 Å². The number of sulfone groups is 1. The lowest BCUT2D eigenvalue weighted by atomic mass is 10.2. The lowest BCUT2D eigenvalue weighted by Gasteiger charge is -2.18. The molecule has 4 nitrogen and oxygen atoms in total. The Morgan fingerprint density at radius 2 is 2.00 bits per heavy atom. The molecule has 1 aromatic rings. The van der Waals surface area contributed by atoms with E-state index in [1.54, 1.807) is 13.8 Å². The maximum atomic E-state index is 11.5. The molecule has 0 radical (unpaired) electrons. The SMILES string of the molecule is CC(C)(c1nnc(CCl)s1)S(C)(=O)=O. The molecule has 0 aliphatic carbocycles. The second-order valence-corrected chi connectivity index (χ2v) is 7.31. The number of nitrogens with zero attached hydrogens (tertiary/aromatic N) is 2. The van der Waals surface area contributed by atoms with E-state index < -0.39 is 14.6 Å². The van der Waals surface area contributed by atoms with Crippen LogP contribution in [-0.4, -0.2) is 24.9 Å². The fraction of sp³-hybridized carbons (Fsp3) is 0.714. The van der Waals surface area contributed by atoms with Gasteiger partial charge < -0.3 is 0 Å². The quantitative estimate of drug-likeness (QED) is 0.768. The molecule has 1 aromatic heterocycles. The van der Waals surface area contributed by atoms with E-state index in [2.05, 4.69) is 10.2 Å². The first-order chi connectivity index (χ1) is 6.29. The van der Waals surface area contributed by atoms with Gasteiger partial charge in [0, 0.05) is 6.26 Å². The molecule has 0 amide bonds. The number of hydrogen-bond acceptors (Lipinski definition) is 5. The Kier molecular flexibility index (Phi) is 3.18. The summed E-state index contributed by atoms with van der Waals surface area (Å²) in [6.07, 6.45) is 1.19. The average molecular weight is 255 g/mol. The van der Waals surface area contributed by atoms with Gasteiger partial charge in [-0.25, -0.2) is 8.42 Å². The van der Waals surface area contributed by atoms with Crippen LogP contribution in [0.2, 0.25) is 0 Å². The molecule has 1 heterocycles. The highest BCUT2D eigenvalue weighted by atomic mass is 35.5. The van der Waals surface area contributed by atoms with Crippen molar-refractivity contribution in [3.05, 3.63) is 10.0 Å². The van der Waals surface area contributed by atoms with Crippen molar-refractivity contribution in [2.45, 2.75) is 24.5 Å². The fourth-order valence-electron chi connectivity index (χ4n) is 0.710. The molecule has 1 rings (SSSR count). The van der Waals surface area contributed by atoms with Gasteiger partial charge in [0.15, 0.2) is 9.84 Å². The maximum Gasteiger partial charge on any atom is 0.159 e. The van der Waals surface area contributed by atoms with E-state index in [9.17, 15) is 8.42 Å². The molecule has 0 atom stereocenters. The molecule has 0 saturated heterocycles. The topological polar surface area (TPSA) is 59.9 Å². The van der Waals surface area contributed by atoms with Crippen LogP contribution in [-0.2, 0) is 20.5 Å². The molecule has 80 valence electrons. The average Bonchev–Trinajstić information content (AvgIpc) is 2.49. The van der Waals surface area contributed by atoms with Gasteiger partial charge in [-0.1, -0.05) is 11.3 Å². The summed E-state index contributed by atoms with van der Waals surface area (Å²) < 4.78 is 21.9. The first-order valence-corrected chi connectivity index (χ1v) is 7.11. The number of rotatable bonds is 3. The lowest BCUT2D eigenvalue weighted by molar-refractivity contribution is 0.559. The summed E-state index contributed by atoms with van der Waals surface area (Å²) in [5.74, 6) is 0.261. The highest BCUT2D eigenvalue weighted by Crippen LogP contribution is 2.31. The molecular weight excluding hydrogens is 244 g/mol. The van der Waals surface area contributed by atoms with Gasteiger partial charge in [-0.15, -0.1) is 21.8 Å². The Labute approximate surface area is 92.2 Å². The molecule has 0 N–H and O–H groups in total. The zero-order chi connectivity index (χ0) is 11.0. The molecule has 0 spiro atoms. The van der Waals surface area contributed by atoms with Gasteiger partial charge in [0.25, 0.3) is 0 Å². The van der Waals surface area contributed by atoms with Crippen LogP contribution in [0.4, 0.5) is 0 Å². The van der Waals surface area contributed by atoms with Crippen molar-refractivity contribution < 1.29 is 8.42 Å². The van der Waals surface area contributed by atoms with Crippen molar-refractivity contribution in [2.75, 3.05) is 6.26 Å².